The van der Waals surface area contributed by atoms with E-state index < -0.39 is 10.0 Å². The van der Waals surface area contributed by atoms with Crippen LogP contribution in [0, 0.1) is 5.92 Å². The molecule has 1 aromatic rings. The van der Waals surface area contributed by atoms with Gasteiger partial charge in [-0.3, -0.25) is 0 Å². The first-order valence-corrected chi connectivity index (χ1v) is 8.92. The smallest absolute Gasteiger partial charge is 0.243 e. The van der Waals surface area contributed by atoms with Crippen LogP contribution in [-0.2, 0) is 15.4 Å². The average Bonchev–Trinajstić information content (AvgIpc) is 2.88. The Morgan fingerprint density at radius 3 is 2.24 bits per heavy atom. The molecule has 0 bridgehead atoms. The Hall–Kier alpha value is -0.910. The van der Waals surface area contributed by atoms with Gasteiger partial charge in [-0.25, -0.2) is 8.42 Å². The van der Waals surface area contributed by atoms with Crippen molar-refractivity contribution >= 4 is 10.0 Å². The lowest BCUT2D eigenvalue weighted by Gasteiger charge is -2.21. The summed E-state index contributed by atoms with van der Waals surface area (Å²) in [5, 5.41) is 0. The second-order valence-electron chi connectivity index (χ2n) is 7.05. The number of nitrogens with two attached hydrogens (primary N) is 1. The molecule has 2 atom stereocenters. The fourth-order valence-corrected chi connectivity index (χ4v) is 4.19. The molecule has 1 aliphatic heterocycles. The van der Waals surface area contributed by atoms with E-state index in [0.29, 0.717) is 18.0 Å². The Balaban J connectivity index is 2.21. The van der Waals surface area contributed by atoms with Crippen LogP contribution in [0.5, 0.6) is 0 Å². The van der Waals surface area contributed by atoms with Gasteiger partial charge in [0.2, 0.25) is 10.0 Å². The van der Waals surface area contributed by atoms with Crippen molar-refractivity contribution in [3.8, 4) is 0 Å². The van der Waals surface area contributed by atoms with Crippen molar-refractivity contribution in [2.24, 2.45) is 11.7 Å². The van der Waals surface area contributed by atoms with Crippen LogP contribution in [0.3, 0.4) is 0 Å². The van der Waals surface area contributed by atoms with Gasteiger partial charge in [0.1, 0.15) is 0 Å². The van der Waals surface area contributed by atoms with Crippen LogP contribution in [0.4, 0.5) is 0 Å². The first kappa shape index (κ1) is 16.5. The summed E-state index contributed by atoms with van der Waals surface area (Å²) in [7, 11) is -3.39. The Morgan fingerprint density at radius 1 is 1.24 bits per heavy atom. The van der Waals surface area contributed by atoms with Gasteiger partial charge in [0, 0.05) is 19.1 Å². The van der Waals surface area contributed by atoms with Crippen LogP contribution in [0.1, 0.15) is 39.7 Å². The minimum Gasteiger partial charge on any atom is -0.328 e. The molecule has 0 amide bonds. The van der Waals surface area contributed by atoms with E-state index in [1.54, 1.807) is 16.4 Å². The Bertz CT molecular complexity index is 586. The van der Waals surface area contributed by atoms with Crippen molar-refractivity contribution < 1.29 is 8.42 Å². The first-order valence-electron chi connectivity index (χ1n) is 7.48. The van der Waals surface area contributed by atoms with E-state index in [9.17, 15) is 8.42 Å². The lowest BCUT2D eigenvalue weighted by Crippen LogP contribution is -2.33. The predicted molar refractivity (Wildman–Crippen MR) is 85.7 cm³/mol. The molecule has 1 fully saturated rings. The maximum atomic E-state index is 12.6. The zero-order chi connectivity index (χ0) is 15.8. The number of benzene rings is 1. The minimum absolute atomic E-state index is 0.0238. The van der Waals surface area contributed by atoms with E-state index in [4.69, 9.17) is 5.73 Å². The molecule has 4 nitrogen and oxygen atoms in total. The molecule has 0 spiro atoms. The van der Waals surface area contributed by atoms with E-state index >= 15 is 0 Å². The second-order valence-corrected chi connectivity index (χ2v) is 8.98. The van der Waals surface area contributed by atoms with E-state index in [0.717, 1.165) is 12.0 Å². The molecule has 5 heteroatoms. The lowest BCUT2D eigenvalue weighted by molar-refractivity contribution is 0.429. The summed E-state index contributed by atoms with van der Waals surface area (Å²) in [6.07, 6.45) is 0.844. The highest BCUT2D eigenvalue weighted by molar-refractivity contribution is 7.89. The molecule has 0 radical (unpaired) electrons. The Labute approximate surface area is 128 Å². The zero-order valence-corrected chi connectivity index (χ0v) is 14.2. The molecule has 1 saturated heterocycles. The summed E-state index contributed by atoms with van der Waals surface area (Å²) in [4.78, 5) is 0.376. The molecule has 118 valence electrons. The number of nitrogens with zero attached hydrogens (tertiary/aromatic N) is 1. The summed E-state index contributed by atoms with van der Waals surface area (Å²) >= 11 is 0. The molecule has 21 heavy (non-hydrogen) atoms. The molecule has 0 aromatic heterocycles. The molecule has 2 N–H and O–H groups in total. The predicted octanol–water partition coefficient (Wildman–Crippen LogP) is 2.34. The van der Waals surface area contributed by atoms with Gasteiger partial charge < -0.3 is 5.73 Å². The SMILES string of the molecule is CC(N)C1CCN(S(=O)(=O)c2ccc(C(C)(C)C)cc2)C1. The fraction of sp³-hybridized carbons (Fsp3) is 0.625. The summed E-state index contributed by atoms with van der Waals surface area (Å²) in [5.74, 6) is 0.258. The van der Waals surface area contributed by atoms with Crippen LogP contribution >= 0.6 is 0 Å². The molecule has 1 aliphatic rings. The maximum Gasteiger partial charge on any atom is 0.243 e. The van der Waals surface area contributed by atoms with Crippen LogP contribution in [-0.4, -0.2) is 31.9 Å². The maximum absolute atomic E-state index is 12.6. The van der Waals surface area contributed by atoms with Crippen molar-refractivity contribution in [2.45, 2.75) is 50.5 Å². The number of hydrogen-bond donors (Lipinski definition) is 1. The largest absolute Gasteiger partial charge is 0.328 e. The van der Waals surface area contributed by atoms with Crippen molar-refractivity contribution in [1.29, 1.82) is 0 Å². The van der Waals surface area contributed by atoms with Crippen molar-refractivity contribution in [3.05, 3.63) is 29.8 Å². The molecule has 1 heterocycles. The minimum atomic E-state index is -3.39. The van der Waals surface area contributed by atoms with Gasteiger partial charge in [-0.2, -0.15) is 4.31 Å². The van der Waals surface area contributed by atoms with E-state index in [1.165, 1.54) is 0 Å². The van der Waals surface area contributed by atoms with Crippen molar-refractivity contribution in [2.75, 3.05) is 13.1 Å². The third kappa shape index (κ3) is 3.47. The highest BCUT2D eigenvalue weighted by atomic mass is 32.2. The zero-order valence-electron chi connectivity index (χ0n) is 13.3. The quantitative estimate of drug-likeness (QED) is 0.932. The average molecular weight is 310 g/mol. The number of hydrogen-bond acceptors (Lipinski definition) is 3. The molecule has 1 aromatic carbocycles. The molecular formula is C16H26N2O2S. The first-order chi connectivity index (χ1) is 9.62. The highest BCUT2D eigenvalue weighted by Gasteiger charge is 2.33. The van der Waals surface area contributed by atoms with E-state index in [2.05, 4.69) is 20.8 Å². The van der Waals surface area contributed by atoms with E-state index in [1.807, 2.05) is 19.1 Å². The second kappa shape index (κ2) is 5.71. The highest BCUT2D eigenvalue weighted by Crippen LogP contribution is 2.28. The number of rotatable bonds is 3. The summed E-state index contributed by atoms with van der Waals surface area (Å²) in [6, 6.07) is 7.29. The van der Waals surface area contributed by atoms with Crippen LogP contribution in [0.2, 0.25) is 0 Å². The van der Waals surface area contributed by atoms with Crippen LogP contribution in [0.15, 0.2) is 29.2 Å². The van der Waals surface area contributed by atoms with Gasteiger partial charge in [0.25, 0.3) is 0 Å². The van der Waals surface area contributed by atoms with E-state index in [-0.39, 0.29) is 17.4 Å². The van der Waals surface area contributed by atoms with Crippen LogP contribution in [0.25, 0.3) is 0 Å². The molecule has 2 unspecified atom stereocenters. The van der Waals surface area contributed by atoms with Crippen LogP contribution < -0.4 is 5.73 Å². The summed E-state index contributed by atoms with van der Waals surface area (Å²) < 4.78 is 26.9. The standard InChI is InChI=1S/C16H26N2O2S/c1-12(17)13-9-10-18(11-13)21(19,20)15-7-5-14(6-8-15)16(2,3)4/h5-8,12-13H,9-11,17H2,1-4H3. The molecule has 2 rings (SSSR count). The Kier molecular flexibility index (Phi) is 4.47. The monoisotopic (exact) mass is 310 g/mol. The lowest BCUT2D eigenvalue weighted by atomic mass is 9.87. The molecule has 0 aliphatic carbocycles. The third-order valence-electron chi connectivity index (χ3n) is 4.29. The Morgan fingerprint density at radius 2 is 1.81 bits per heavy atom. The summed E-state index contributed by atoms with van der Waals surface area (Å²) in [5.41, 5.74) is 7.05. The number of sulfonamides is 1. The van der Waals surface area contributed by atoms with Crippen molar-refractivity contribution in [1.82, 2.24) is 4.31 Å². The normalized spacial score (nSPS) is 22.4. The topological polar surface area (TPSA) is 63.4 Å². The van der Waals surface area contributed by atoms with Gasteiger partial charge in [-0.15, -0.1) is 0 Å². The summed E-state index contributed by atoms with van der Waals surface area (Å²) in [6.45, 7) is 9.38. The van der Waals surface area contributed by atoms with Gasteiger partial charge in [-0.1, -0.05) is 32.9 Å². The molecular weight excluding hydrogens is 284 g/mol. The fourth-order valence-electron chi connectivity index (χ4n) is 2.68. The molecule has 0 saturated carbocycles. The van der Waals surface area contributed by atoms with Gasteiger partial charge in [0.15, 0.2) is 0 Å². The van der Waals surface area contributed by atoms with Crippen molar-refractivity contribution in [3.63, 3.8) is 0 Å². The van der Waals surface area contributed by atoms with Gasteiger partial charge in [0.05, 0.1) is 4.90 Å². The third-order valence-corrected chi connectivity index (χ3v) is 6.17. The van der Waals surface area contributed by atoms with Gasteiger partial charge >= 0.3 is 0 Å². The van der Waals surface area contributed by atoms with Gasteiger partial charge in [-0.05, 0) is 42.4 Å².